The van der Waals surface area contributed by atoms with Crippen LogP contribution in [-0.4, -0.2) is 50.2 Å². The van der Waals surface area contributed by atoms with Gasteiger partial charge in [-0.3, -0.25) is 9.69 Å². The van der Waals surface area contributed by atoms with Crippen molar-refractivity contribution in [2.45, 2.75) is 32.4 Å². The van der Waals surface area contributed by atoms with E-state index >= 15 is 0 Å². The molecule has 1 aliphatic heterocycles. The summed E-state index contributed by atoms with van der Waals surface area (Å²) in [6.07, 6.45) is 3.82. The largest absolute Gasteiger partial charge is 0.493 e. The van der Waals surface area contributed by atoms with Gasteiger partial charge in [-0.25, -0.2) is 4.98 Å². The average molecular weight is 420 g/mol. The molecule has 1 atom stereocenters. The Balaban J connectivity index is 1.66. The fourth-order valence-electron chi connectivity index (χ4n) is 3.92. The maximum atomic E-state index is 11.7. The molecule has 1 aromatic heterocycles. The van der Waals surface area contributed by atoms with Crippen molar-refractivity contribution in [1.29, 1.82) is 0 Å². The van der Waals surface area contributed by atoms with Gasteiger partial charge in [0.2, 0.25) is 11.7 Å². The van der Waals surface area contributed by atoms with Crippen LogP contribution < -0.4 is 19.5 Å². The molecule has 1 N–H and O–H groups in total. The predicted octanol–water partition coefficient (Wildman–Crippen LogP) is 3.26. The van der Waals surface area contributed by atoms with Gasteiger partial charge in [-0.05, 0) is 49.5 Å². The van der Waals surface area contributed by atoms with Crippen LogP contribution in [0.3, 0.4) is 0 Å². The van der Waals surface area contributed by atoms with E-state index in [9.17, 15) is 4.79 Å². The molecule has 1 saturated heterocycles. The number of rotatable bonds is 8. The Morgan fingerprint density at radius 2 is 1.86 bits per heavy atom. The number of hydrogen-bond donors (Lipinski definition) is 1. The van der Waals surface area contributed by atoms with Gasteiger partial charge in [-0.15, -0.1) is 11.3 Å². The highest BCUT2D eigenvalue weighted by atomic mass is 32.1. The smallest absolute Gasteiger partial charge is 0.217 e. The molecule has 1 aliphatic rings. The van der Waals surface area contributed by atoms with E-state index in [1.54, 1.807) is 45.8 Å². The lowest BCUT2D eigenvalue weighted by atomic mass is 9.89. The van der Waals surface area contributed by atoms with E-state index in [-0.39, 0.29) is 11.9 Å². The number of carbonyl (C=O) groups is 1. The number of carbonyl (C=O) groups excluding carboxylic acids is 1. The van der Waals surface area contributed by atoms with Crippen LogP contribution in [0.4, 0.5) is 0 Å². The van der Waals surface area contributed by atoms with E-state index in [2.05, 4.69) is 15.2 Å². The van der Waals surface area contributed by atoms with Crippen LogP contribution >= 0.6 is 11.3 Å². The quantitative estimate of drug-likeness (QED) is 0.708. The van der Waals surface area contributed by atoms with E-state index in [1.807, 2.05) is 17.5 Å². The molecule has 2 heterocycles. The molecule has 29 heavy (non-hydrogen) atoms. The molecule has 0 radical (unpaired) electrons. The van der Waals surface area contributed by atoms with Crippen molar-refractivity contribution in [3.63, 3.8) is 0 Å². The van der Waals surface area contributed by atoms with Crippen molar-refractivity contribution in [2.24, 2.45) is 5.92 Å². The number of nitrogens with zero attached hydrogens (tertiary/aromatic N) is 2. The standard InChI is InChI=1S/C21H29N3O4S/c1-14(25)23-19(21-22-7-10-29-21)16-5-8-24(9-6-16)13-15-11-17(26-2)20(28-4)18(12-15)27-3/h7,10-12,16,19H,5-6,8-9,13H2,1-4H3,(H,23,25). The highest BCUT2D eigenvalue weighted by molar-refractivity contribution is 7.09. The van der Waals surface area contributed by atoms with Crippen molar-refractivity contribution in [1.82, 2.24) is 15.2 Å². The summed E-state index contributed by atoms with van der Waals surface area (Å²) in [5, 5.41) is 6.05. The lowest BCUT2D eigenvalue weighted by Gasteiger charge is -2.35. The molecule has 2 aromatic rings. The summed E-state index contributed by atoms with van der Waals surface area (Å²) in [5.74, 6) is 2.34. The van der Waals surface area contributed by atoms with E-state index < -0.39 is 0 Å². The summed E-state index contributed by atoms with van der Waals surface area (Å²) in [7, 11) is 4.87. The third-order valence-electron chi connectivity index (χ3n) is 5.31. The lowest BCUT2D eigenvalue weighted by Crippen LogP contribution is -2.40. The summed E-state index contributed by atoms with van der Waals surface area (Å²) >= 11 is 1.60. The molecular formula is C21H29N3O4S. The molecule has 1 fully saturated rings. The molecule has 7 nitrogen and oxygen atoms in total. The van der Waals surface area contributed by atoms with Gasteiger partial charge < -0.3 is 19.5 Å². The van der Waals surface area contributed by atoms with Crippen molar-refractivity contribution < 1.29 is 19.0 Å². The minimum absolute atomic E-state index is 0.00387. The number of aromatic nitrogens is 1. The van der Waals surface area contributed by atoms with Crippen LogP contribution in [0.25, 0.3) is 0 Å². The molecule has 158 valence electrons. The first-order valence-electron chi connectivity index (χ1n) is 9.73. The van der Waals surface area contributed by atoms with Gasteiger partial charge in [-0.2, -0.15) is 0 Å². The predicted molar refractivity (Wildman–Crippen MR) is 113 cm³/mol. The number of likely N-dealkylation sites (tertiary alicyclic amines) is 1. The molecule has 1 amide bonds. The SMILES string of the molecule is COc1cc(CN2CCC(C(NC(C)=O)c3nccs3)CC2)cc(OC)c1OC. The lowest BCUT2D eigenvalue weighted by molar-refractivity contribution is -0.120. The van der Waals surface area contributed by atoms with Crippen LogP contribution in [0.2, 0.25) is 0 Å². The average Bonchev–Trinajstić information content (AvgIpc) is 3.26. The molecular weight excluding hydrogens is 390 g/mol. The molecule has 1 aromatic carbocycles. The Labute approximate surface area is 176 Å². The van der Waals surface area contributed by atoms with Crippen LogP contribution in [0, 0.1) is 5.92 Å². The Morgan fingerprint density at radius 3 is 2.34 bits per heavy atom. The number of nitrogens with one attached hydrogen (secondary N) is 1. The summed E-state index contributed by atoms with van der Waals surface area (Å²) in [4.78, 5) is 18.5. The minimum atomic E-state index is -0.00921. The highest BCUT2D eigenvalue weighted by Gasteiger charge is 2.30. The van der Waals surface area contributed by atoms with E-state index in [4.69, 9.17) is 14.2 Å². The number of hydrogen-bond acceptors (Lipinski definition) is 7. The van der Waals surface area contributed by atoms with Gasteiger partial charge >= 0.3 is 0 Å². The van der Waals surface area contributed by atoms with Crippen molar-refractivity contribution in [3.8, 4) is 17.2 Å². The van der Waals surface area contributed by atoms with Gasteiger partial charge in [0.15, 0.2) is 11.5 Å². The van der Waals surface area contributed by atoms with Crippen LogP contribution in [0.1, 0.15) is 36.4 Å². The Hall–Kier alpha value is -2.32. The second kappa shape index (κ2) is 9.93. The van der Waals surface area contributed by atoms with Gasteiger partial charge in [-0.1, -0.05) is 0 Å². The van der Waals surface area contributed by atoms with Crippen molar-refractivity contribution in [2.75, 3.05) is 34.4 Å². The molecule has 0 bridgehead atoms. The summed E-state index contributed by atoms with van der Waals surface area (Å²) in [6, 6.07) is 4.00. The van der Waals surface area contributed by atoms with Crippen LogP contribution in [-0.2, 0) is 11.3 Å². The van der Waals surface area contributed by atoms with Crippen LogP contribution in [0.15, 0.2) is 23.7 Å². The second-order valence-corrected chi connectivity index (χ2v) is 8.12. The maximum Gasteiger partial charge on any atom is 0.217 e. The van der Waals surface area contributed by atoms with E-state index in [0.29, 0.717) is 23.2 Å². The Morgan fingerprint density at radius 1 is 1.21 bits per heavy atom. The Kier molecular flexibility index (Phi) is 7.33. The Bertz CT molecular complexity index is 779. The molecule has 0 aliphatic carbocycles. The summed E-state index contributed by atoms with van der Waals surface area (Å²) in [6.45, 7) is 4.30. The molecule has 1 unspecified atom stereocenters. The zero-order valence-electron chi connectivity index (χ0n) is 17.4. The number of amides is 1. The first kappa shape index (κ1) is 21.4. The zero-order valence-corrected chi connectivity index (χ0v) is 18.3. The number of methoxy groups -OCH3 is 3. The van der Waals surface area contributed by atoms with Crippen molar-refractivity contribution in [3.05, 3.63) is 34.3 Å². The maximum absolute atomic E-state index is 11.7. The molecule has 0 saturated carbocycles. The number of benzene rings is 1. The van der Waals surface area contributed by atoms with Gasteiger partial charge in [0.25, 0.3) is 0 Å². The van der Waals surface area contributed by atoms with Gasteiger partial charge in [0.05, 0.1) is 27.4 Å². The number of piperidine rings is 1. The monoisotopic (exact) mass is 419 g/mol. The van der Waals surface area contributed by atoms with E-state index in [1.165, 1.54) is 0 Å². The first-order valence-corrected chi connectivity index (χ1v) is 10.6. The normalized spacial score (nSPS) is 16.3. The molecule has 0 spiro atoms. The molecule has 8 heteroatoms. The molecule has 3 rings (SSSR count). The number of ether oxygens (including phenoxy) is 3. The third-order valence-corrected chi connectivity index (χ3v) is 6.17. The fourth-order valence-corrected chi connectivity index (χ4v) is 4.70. The number of thiazole rings is 1. The summed E-state index contributed by atoms with van der Waals surface area (Å²) in [5.41, 5.74) is 1.12. The zero-order chi connectivity index (χ0) is 20.8. The minimum Gasteiger partial charge on any atom is -0.493 e. The summed E-state index contributed by atoms with van der Waals surface area (Å²) < 4.78 is 16.3. The second-order valence-electron chi connectivity index (χ2n) is 7.20. The van der Waals surface area contributed by atoms with Gasteiger partial charge in [0.1, 0.15) is 5.01 Å². The highest BCUT2D eigenvalue weighted by Crippen LogP contribution is 2.39. The van der Waals surface area contributed by atoms with Gasteiger partial charge in [0, 0.05) is 25.0 Å². The van der Waals surface area contributed by atoms with E-state index in [0.717, 1.165) is 43.0 Å². The first-order chi connectivity index (χ1) is 14.0. The third kappa shape index (κ3) is 5.19. The van der Waals surface area contributed by atoms with Crippen LogP contribution in [0.5, 0.6) is 17.2 Å². The fraction of sp³-hybridized carbons (Fsp3) is 0.524. The van der Waals surface area contributed by atoms with Crippen molar-refractivity contribution >= 4 is 17.2 Å². The topological polar surface area (TPSA) is 72.9 Å².